The Morgan fingerprint density at radius 1 is 1.67 bits per heavy atom. The van der Waals surface area contributed by atoms with E-state index >= 15 is 0 Å². The highest BCUT2D eigenvalue weighted by molar-refractivity contribution is 5.88. The number of hydrazone groups is 1. The van der Waals surface area contributed by atoms with Crippen molar-refractivity contribution in [2.24, 2.45) is 5.10 Å². The van der Waals surface area contributed by atoms with Crippen LogP contribution < -0.4 is 0 Å². The van der Waals surface area contributed by atoms with Crippen LogP contribution in [0.2, 0.25) is 0 Å². The van der Waals surface area contributed by atoms with Gasteiger partial charge in [0.1, 0.15) is 5.84 Å². The Morgan fingerprint density at radius 3 is 2.78 bits per heavy atom. The molecule has 0 radical (unpaired) electrons. The van der Waals surface area contributed by atoms with Gasteiger partial charge < -0.3 is 0 Å². The van der Waals surface area contributed by atoms with E-state index in [1.165, 1.54) is 5.01 Å². The summed E-state index contributed by atoms with van der Waals surface area (Å²) in [5.74, 6) is -0.00935. The standard InChI is InChI=1S/C5H8FN3/c1-9-5(7)3-2-4(6)8-9/h7H,2-3H2,1H3. The van der Waals surface area contributed by atoms with Gasteiger partial charge in [-0.2, -0.15) is 4.39 Å². The molecule has 9 heavy (non-hydrogen) atoms. The van der Waals surface area contributed by atoms with Gasteiger partial charge in [0.05, 0.1) is 0 Å². The molecule has 0 saturated heterocycles. The lowest BCUT2D eigenvalue weighted by atomic mass is 10.3. The number of nitrogens with one attached hydrogen (secondary N) is 1. The molecule has 3 nitrogen and oxygen atoms in total. The molecule has 4 heteroatoms. The fraction of sp³-hybridized carbons (Fsp3) is 0.600. The normalized spacial score (nSPS) is 20.0. The van der Waals surface area contributed by atoms with Gasteiger partial charge in [-0.3, -0.25) is 10.4 Å². The maximum atomic E-state index is 12.2. The smallest absolute Gasteiger partial charge is 0.208 e. The van der Waals surface area contributed by atoms with Crippen molar-refractivity contribution in [3.8, 4) is 0 Å². The lowest BCUT2D eigenvalue weighted by Gasteiger charge is -2.17. The van der Waals surface area contributed by atoms with Crippen LogP contribution in [-0.2, 0) is 0 Å². The largest absolute Gasteiger partial charge is 0.287 e. The Bertz CT molecular complexity index is 164. The summed E-state index contributed by atoms with van der Waals surface area (Å²) in [6.45, 7) is 0. The third-order valence-corrected chi connectivity index (χ3v) is 1.22. The Kier molecular flexibility index (Phi) is 1.46. The maximum Gasteiger partial charge on any atom is 0.208 e. The quantitative estimate of drug-likeness (QED) is 0.520. The van der Waals surface area contributed by atoms with Crippen LogP contribution in [0.25, 0.3) is 0 Å². The molecule has 0 aromatic carbocycles. The summed E-state index contributed by atoms with van der Waals surface area (Å²) >= 11 is 0. The molecule has 0 spiro atoms. The van der Waals surface area contributed by atoms with Crippen LogP contribution in [0.5, 0.6) is 0 Å². The van der Waals surface area contributed by atoms with Crippen LogP contribution in [0.3, 0.4) is 0 Å². The summed E-state index contributed by atoms with van der Waals surface area (Å²) in [6.07, 6.45) is 0.745. The fourth-order valence-electron chi connectivity index (χ4n) is 0.656. The average Bonchev–Trinajstić information content (AvgIpc) is 1.80. The number of nitrogens with zero attached hydrogens (tertiary/aromatic N) is 2. The molecular weight excluding hydrogens is 121 g/mol. The molecule has 1 N–H and O–H groups in total. The molecule has 0 saturated carbocycles. The van der Waals surface area contributed by atoms with Crippen molar-refractivity contribution in [2.75, 3.05) is 7.05 Å². The zero-order valence-electron chi connectivity index (χ0n) is 5.19. The van der Waals surface area contributed by atoms with E-state index < -0.39 is 0 Å². The Morgan fingerprint density at radius 2 is 2.33 bits per heavy atom. The summed E-state index contributed by atoms with van der Waals surface area (Å²) in [6, 6.07) is 0. The molecule has 1 rings (SSSR count). The van der Waals surface area contributed by atoms with Gasteiger partial charge >= 0.3 is 0 Å². The first-order valence-electron chi connectivity index (χ1n) is 2.74. The molecule has 0 atom stereocenters. The molecule has 0 amide bonds. The Balaban J connectivity index is 2.69. The minimum atomic E-state index is -0.381. The summed E-state index contributed by atoms with van der Waals surface area (Å²) in [4.78, 5) is 0. The van der Waals surface area contributed by atoms with E-state index in [2.05, 4.69) is 5.10 Å². The Hall–Kier alpha value is -0.930. The highest BCUT2D eigenvalue weighted by Crippen LogP contribution is 2.06. The predicted molar refractivity (Wildman–Crippen MR) is 33.3 cm³/mol. The van der Waals surface area contributed by atoms with Gasteiger partial charge in [-0.05, 0) is 0 Å². The number of hydrogen-bond donors (Lipinski definition) is 1. The van der Waals surface area contributed by atoms with E-state index in [9.17, 15) is 4.39 Å². The minimum Gasteiger partial charge on any atom is -0.287 e. The molecule has 0 aromatic rings. The number of rotatable bonds is 0. The van der Waals surface area contributed by atoms with Gasteiger partial charge in [0, 0.05) is 19.9 Å². The van der Waals surface area contributed by atoms with Crippen molar-refractivity contribution in [1.29, 1.82) is 5.41 Å². The molecule has 1 aliphatic rings. The van der Waals surface area contributed by atoms with Crippen molar-refractivity contribution in [3.63, 3.8) is 0 Å². The second-order valence-corrected chi connectivity index (χ2v) is 1.95. The Labute approximate surface area is 52.7 Å². The zero-order chi connectivity index (χ0) is 6.85. The second kappa shape index (κ2) is 2.13. The molecular formula is C5H8FN3. The van der Waals surface area contributed by atoms with Gasteiger partial charge in [-0.25, -0.2) is 0 Å². The molecule has 0 unspecified atom stereocenters. The van der Waals surface area contributed by atoms with Crippen LogP contribution in [0, 0.1) is 5.41 Å². The SMILES string of the molecule is CN1N=C(F)CCC1=N. The van der Waals surface area contributed by atoms with Gasteiger partial charge in [-0.15, -0.1) is 5.10 Å². The van der Waals surface area contributed by atoms with Crippen molar-refractivity contribution in [2.45, 2.75) is 12.8 Å². The topological polar surface area (TPSA) is 39.5 Å². The second-order valence-electron chi connectivity index (χ2n) is 1.95. The number of hydrogen-bond acceptors (Lipinski definition) is 2. The van der Waals surface area contributed by atoms with E-state index in [0.29, 0.717) is 12.3 Å². The highest BCUT2D eigenvalue weighted by atomic mass is 19.1. The summed E-state index contributed by atoms with van der Waals surface area (Å²) < 4.78 is 12.2. The molecule has 0 aromatic heterocycles. The number of halogens is 1. The van der Waals surface area contributed by atoms with Crippen LogP contribution in [0.4, 0.5) is 4.39 Å². The lowest BCUT2D eigenvalue weighted by Crippen LogP contribution is -2.25. The van der Waals surface area contributed by atoms with E-state index in [1.807, 2.05) is 0 Å². The molecule has 0 bridgehead atoms. The summed E-state index contributed by atoms with van der Waals surface area (Å²) in [5.41, 5.74) is 0. The molecule has 50 valence electrons. The van der Waals surface area contributed by atoms with E-state index in [-0.39, 0.29) is 12.4 Å². The fourth-order valence-corrected chi connectivity index (χ4v) is 0.656. The van der Waals surface area contributed by atoms with Crippen LogP contribution in [0.15, 0.2) is 5.10 Å². The molecule has 1 heterocycles. The van der Waals surface area contributed by atoms with Crippen molar-refractivity contribution >= 4 is 11.8 Å². The van der Waals surface area contributed by atoms with Crippen molar-refractivity contribution in [1.82, 2.24) is 5.01 Å². The maximum absolute atomic E-state index is 12.2. The number of amidine groups is 1. The van der Waals surface area contributed by atoms with Gasteiger partial charge in [0.25, 0.3) is 0 Å². The first-order chi connectivity index (χ1) is 4.20. The third-order valence-electron chi connectivity index (χ3n) is 1.22. The van der Waals surface area contributed by atoms with Gasteiger partial charge in [0.15, 0.2) is 0 Å². The average molecular weight is 129 g/mol. The highest BCUT2D eigenvalue weighted by Gasteiger charge is 2.12. The zero-order valence-corrected chi connectivity index (χ0v) is 5.19. The summed E-state index contributed by atoms with van der Waals surface area (Å²) in [5, 5.41) is 11.8. The molecule has 0 aliphatic carbocycles. The first kappa shape index (κ1) is 6.19. The van der Waals surface area contributed by atoms with E-state index in [4.69, 9.17) is 5.41 Å². The van der Waals surface area contributed by atoms with Crippen LogP contribution >= 0.6 is 0 Å². The predicted octanol–water partition coefficient (Wildman–Crippen LogP) is 0.972. The minimum absolute atomic E-state index is 0.281. The van der Waals surface area contributed by atoms with E-state index in [0.717, 1.165) is 0 Å². The monoisotopic (exact) mass is 129 g/mol. The van der Waals surface area contributed by atoms with E-state index in [1.54, 1.807) is 7.05 Å². The van der Waals surface area contributed by atoms with Gasteiger partial charge in [-0.1, -0.05) is 0 Å². The molecule has 1 aliphatic heterocycles. The van der Waals surface area contributed by atoms with Crippen LogP contribution in [-0.4, -0.2) is 23.9 Å². The van der Waals surface area contributed by atoms with Crippen molar-refractivity contribution in [3.05, 3.63) is 0 Å². The van der Waals surface area contributed by atoms with Crippen LogP contribution in [0.1, 0.15) is 12.8 Å². The third kappa shape index (κ3) is 1.25. The summed E-state index contributed by atoms with van der Waals surface area (Å²) in [7, 11) is 1.57. The van der Waals surface area contributed by atoms with Crippen molar-refractivity contribution < 1.29 is 4.39 Å². The van der Waals surface area contributed by atoms with Gasteiger partial charge in [0.2, 0.25) is 5.97 Å². The molecule has 0 fully saturated rings. The lowest BCUT2D eigenvalue weighted by molar-refractivity contribution is 0.488. The first-order valence-corrected chi connectivity index (χ1v) is 2.74.